The predicted molar refractivity (Wildman–Crippen MR) is 74.3 cm³/mol. The van der Waals surface area contributed by atoms with Crippen LogP contribution >= 0.6 is 0 Å². The van der Waals surface area contributed by atoms with Crippen LogP contribution in [0.25, 0.3) is 0 Å². The lowest BCUT2D eigenvalue weighted by atomic mass is 10.1. The fourth-order valence-electron chi connectivity index (χ4n) is 1.79. The molecule has 0 saturated heterocycles. The monoisotopic (exact) mass is 271 g/mol. The minimum absolute atomic E-state index is 0.0276. The number of sulfonamides is 1. The first-order valence-corrected chi connectivity index (χ1v) is 7.84. The number of anilines is 1. The van der Waals surface area contributed by atoms with Gasteiger partial charge in [0.1, 0.15) is 0 Å². The zero-order valence-corrected chi connectivity index (χ0v) is 11.8. The number of nitrogens with one attached hydrogen (secondary N) is 1. The molecule has 0 amide bonds. The average molecular weight is 271 g/mol. The number of aliphatic hydroxyl groups excluding tert-OH is 1. The van der Waals surface area contributed by atoms with Gasteiger partial charge in [0.15, 0.2) is 0 Å². The zero-order chi connectivity index (χ0) is 13.6. The Hall–Kier alpha value is -1.07. The van der Waals surface area contributed by atoms with Crippen LogP contribution in [0.4, 0.5) is 5.69 Å². The van der Waals surface area contributed by atoms with Gasteiger partial charge in [-0.15, -0.1) is 0 Å². The van der Waals surface area contributed by atoms with E-state index >= 15 is 0 Å². The summed E-state index contributed by atoms with van der Waals surface area (Å²) in [7, 11) is -3.30. The minimum Gasteiger partial charge on any atom is -0.396 e. The molecule has 0 atom stereocenters. The van der Waals surface area contributed by atoms with Crippen molar-refractivity contribution in [2.45, 2.75) is 33.1 Å². The smallest absolute Gasteiger partial charge is 0.232 e. The van der Waals surface area contributed by atoms with Crippen molar-refractivity contribution in [3.63, 3.8) is 0 Å². The lowest BCUT2D eigenvalue weighted by Crippen LogP contribution is -2.17. The number of hydrogen-bond acceptors (Lipinski definition) is 3. The normalized spacial score (nSPS) is 11.5. The van der Waals surface area contributed by atoms with Crippen molar-refractivity contribution >= 4 is 15.7 Å². The lowest BCUT2D eigenvalue weighted by Gasteiger charge is -2.10. The van der Waals surface area contributed by atoms with E-state index in [0.717, 1.165) is 12.0 Å². The van der Waals surface area contributed by atoms with E-state index in [0.29, 0.717) is 18.5 Å². The first-order chi connectivity index (χ1) is 8.48. The Bertz CT molecular complexity index is 483. The molecule has 0 radical (unpaired) electrons. The molecule has 5 heteroatoms. The Kier molecular flexibility index (Phi) is 5.62. The Morgan fingerprint density at radius 1 is 1.28 bits per heavy atom. The second-order valence-corrected chi connectivity index (χ2v) is 6.19. The summed E-state index contributed by atoms with van der Waals surface area (Å²) in [5.41, 5.74) is 2.92. The van der Waals surface area contributed by atoms with E-state index in [1.165, 1.54) is 5.56 Å². The van der Waals surface area contributed by atoms with Crippen LogP contribution in [0.2, 0.25) is 0 Å². The number of aryl methyl sites for hydroxylation is 2. The molecule has 0 fully saturated rings. The summed E-state index contributed by atoms with van der Waals surface area (Å²) in [6, 6.07) is 5.58. The predicted octanol–water partition coefficient (Wildman–Crippen LogP) is 2.07. The van der Waals surface area contributed by atoms with E-state index in [1.54, 1.807) is 6.07 Å². The lowest BCUT2D eigenvalue weighted by molar-refractivity contribution is 0.287. The van der Waals surface area contributed by atoms with Crippen LogP contribution < -0.4 is 4.72 Å². The number of unbranched alkanes of at least 4 members (excludes halogenated alkanes) is 1. The van der Waals surface area contributed by atoms with Crippen molar-refractivity contribution in [3.05, 3.63) is 29.3 Å². The molecule has 0 heterocycles. The molecule has 0 unspecified atom stereocenters. The Morgan fingerprint density at radius 2 is 2.00 bits per heavy atom. The zero-order valence-electron chi connectivity index (χ0n) is 10.9. The molecule has 0 aliphatic rings. The molecule has 0 spiro atoms. The van der Waals surface area contributed by atoms with Crippen molar-refractivity contribution in [2.75, 3.05) is 17.1 Å². The molecule has 1 aromatic carbocycles. The maximum Gasteiger partial charge on any atom is 0.232 e. The topological polar surface area (TPSA) is 66.4 Å². The SMILES string of the molecule is CCc1ccc(NS(=O)(=O)CCCCO)cc1C. The molecule has 1 aromatic rings. The van der Waals surface area contributed by atoms with Gasteiger partial charge in [-0.05, 0) is 49.4 Å². The van der Waals surface area contributed by atoms with Gasteiger partial charge in [-0.1, -0.05) is 13.0 Å². The van der Waals surface area contributed by atoms with Gasteiger partial charge in [-0.3, -0.25) is 4.72 Å². The third-order valence-corrected chi connectivity index (χ3v) is 4.19. The first-order valence-electron chi connectivity index (χ1n) is 6.19. The number of aliphatic hydroxyl groups is 1. The molecule has 2 N–H and O–H groups in total. The van der Waals surface area contributed by atoms with Crippen LogP contribution in [0.15, 0.2) is 18.2 Å². The number of hydrogen-bond donors (Lipinski definition) is 2. The highest BCUT2D eigenvalue weighted by Gasteiger charge is 2.10. The summed E-state index contributed by atoms with van der Waals surface area (Å²) in [6.07, 6.45) is 1.92. The van der Waals surface area contributed by atoms with E-state index in [2.05, 4.69) is 11.6 Å². The largest absolute Gasteiger partial charge is 0.396 e. The van der Waals surface area contributed by atoms with Gasteiger partial charge >= 0.3 is 0 Å². The van der Waals surface area contributed by atoms with Crippen LogP contribution in [0.5, 0.6) is 0 Å². The minimum atomic E-state index is -3.30. The van der Waals surface area contributed by atoms with Gasteiger partial charge in [0.25, 0.3) is 0 Å². The molecule has 102 valence electrons. The summed E-state index contributed by atoms with van der Waals surface area (Å²) in [5, 5.41) is 8.63. The molecular weight excluding hydrogens is 250 g/mol. The summed E-state index contributed by atoms with van der Waals surface area (Å²) in [4.78, 5) is 0. The van der Waals surface area contributed by atoms with Crippen LogP contribution in [0.1, 0.15) is 30.9 Å². The summed E-state index contributed by atoms with van der Waals surface area (Å²) >= 11 is 0. The molecule has 0 aliphatic heterocycles. The van der Waals surface area contributed by atoms with E-state index in [4.69, 9.17) is 5.11 Å². The maximum atomic E-state index is 11.7. The molecule has 1 rings (SSSR count). The van der Waals surface area contributed by atoms with Crippen molar-refractivity contribution in [1.82, 2.24) is 0 Å². The van der Waals surface area contributed by atoms with E-state index < -0.39 is 10.0 Å². The molecule has 0 aliphatic carbocycles. The van der Waals surface area contributed by atoms with Crippen molar-refractivity contribution in [1.29, 1.82) is 0 Å². The Balaban J connectivity index is 2.69. The number of rotatable bonds is 7. The fourth-order valence-corrected chi connectivity index (χ4v) is 2.96. The third kappa shape index (κ3) is 4.66. The van der Waals surface area contributed by atoms with Crippen molar-refractivity contribution in [3.8, 4) is 0 Å². The van der Waals surface area contributed by atoms with Gasteiger partial charge in [0, 0.05) is 12.3 Å². The van der Waals surface area contributed by atoms with E-state index in [9.17, 15) is 8.42 Å². The van der Waals surface area contributed by atoms with Crippen LogP contribution in [-0.2, 0) is 16.4 Å². The summed E-state index contributed by atoms with van der Waals surface area (Å²) in [6.45, 7) is 4.07. The second kappa shape index (κ2) is 6.75. The highest BCUT2D eigenvalue weighted by molar-refractivity contribution is 7.92. The molecule has 18 heavy (non-hydrogen) atoms. The van der Waals surface area contributed by atoms with Gasteiger partial charge in [-0.2, -0.15) is 0 Å². The van der Waals surface area contributed by atoms with Crippen molar-refractivity contribution < 1.29 is 13.5 Å². The van der Waals surface area contributed by atoms with Gasteiger partial charge < -0.3 is 5.11 Å². The molecular formula is C13H21NO3S. The molecule has 0 aromatic heterocycles. The highest BCUT2D eigenvalue weighted by atomic mass is 32.2. The van der Waals surface area contributed by atoms with Crippen LogP contribution in [-0.4, -0.2) is 25.9 Å². The van der Waals surface area contributed by atoms with Crippen LogP contribution in [0.3, 0.4) is 0 Å². The molecule has 0 bridgehead atoms. The third-order valence-electron chi connectivity index (χ3n) is 2.82. The summed E-state index contributed by atoms with van der Waals surface area (Å²) in [5.74, 6) is 0.0438. The first kappa shape index (κ1) is 15.0. The van der Waals surface area contributed by atoms with Gasteiger partial charge in [-0.25, -0.2) is 8.42 Å². The molecule has 0 saturated carbocycles. The second-order valence-electron chi connectivity index (χ2n) is 4.35. The van der Waals surface area contributed by atoms with E-state index in [-0.39, 0.29) is 12.4 Å². The Morgan fingerprint density at radius 3 is 2.56 bits per heavy atom. The maximum absolute atomic E-state index is 11.7. The Labute approximate surface area is 109 Å². The highest BCUT2D eigenvalue weighted by Crippen LogP contribution is 2.17. The molecule has 4 nitrogen and oxygen atoms in total. The number of benzene rings is 1. The summed E-state index contributed by atoms with van der Waals surface area (Å²) < 4.78 is 26.1. The average Bonchev–Trinajstić information content (AvgIpc) is 2.29. The van der Waals surface area contributed by atoms with Gasteiger partial charge in [0.2, 0.25) is 10.0 Å². The van der Waals surface area contributed by atoms with Crippen LogP contribution in [0, 0.1) is 6.92 Å². The fraction of sp³-hybridized carbons (Fsp3) is 0.538. The van der Waals surface area contributed by atoms with E-state index in [1.807, 2.05) is 19.1 Å². The van der Waals surface area contributed by atoms with Gasteiger partial charge in [0.05, 0.1) is 5.75 Å². The standard InChI is InChI=1S/C13H21NO3S/c1-3-12-6-7-13(10-11(12)2)14-18(16,17)9-5-4-8-15/h6-7,10,14-15H,3-5,8-9H2,1-2H3. The van der Waals surface area contributed by atoms with Crippen molar-refractivity contribution in [2.24, 2.45) is 0 Å². The quantitative estimate of drug-likeness (QED) is 0.746.